The van der Waals surface area contributed by atoms with Crippen molar-refractivity contribution in [3.63, 3.8) is 0 Å². The summed E-state index contributed by atoms with van der Waals surface area (Å²) < 4.78 is 75.8. The largest absolute Gasteiger partial charge is 0.433 e. The fourth-order valence-corrected chi connectivity index (χ4v) is 2.10. The average molecular weight is 353 g/mol. The first-order valence-electron chi connectivity index (χ1n) is 6.36. The van der Waals surface area contributed by atoms with E-state index in [4.69, 9.17) is 0 Å². The van der Waals surface area contributed by atoms with E-state index < -0.39 is 29.5 Å². The highest BCUT2D eigenvalue weighted by molar-refractivity contribution is 5.63. The van der Waals surface area contributed by atoms with Gasteiger partial charge in [0.2, 0.25) is 0 Å². The number of halogens is 6. The molecule has 0 aliphatic heterocycles. The SMILES string of the molecule is Cc1cc(-c2cc(C(F)(F)F)n(CC(F)(F)F)n2)ccc1[N+](=O)[O-]. The van der Waals surface area contributed by atoms with Crippen LogP contribution in [-0.2, 0) is 12.7 Å². The number of nitro groups is 1. The molecule has 1 aromatic carbocycles. The Hall–Kier alpha value is -2.59. The lowest BCUT2D eigenvalue weighted by Crippen LogP contribution is -2.23. The van der Waals surface area contributed by atoms with E-state index in [-0.39, 0.29) is 27.2 Å². The Kier molecular flexibility index (Phi) is 4.29. The topological polar surface area (TPSA) is 61.0 Å². The number of aromatic nitrogens is 2. The molecule has 0 aliphatic rings. The normalized spacial score (nSPS) is 12.5. The fourth-order valence-electron chi connectivity index (χ4n) is 2.10. The Morgan fingerprint density at radius 2 is 1.79 bits per heavy atom. The number of nitrogens with zero attached hydrogens (tertiary/aromatic N) is 3. The molecular formula is C13H9F6N3O2. The van der Waals surface area contributed by atoms with Crippen LogP contribution in [-0.4, -0.2) is 20.9 Å². The van der Waals surface area contributed by atoms with Crippen molar-refractivity contribution < 1.29 is 31.3 Å². The Labute approximate surface area is 130 Å². The standard InChI is InChI=1S/C13H9F6N3O2/c1-7-4-8(2-3-10(7)22(23)24)9-5-11(13(17,18)19)21(20-9)6-12(14,15)16/h2-5H,6H2,1H3. The first-order valence-corrected chi connectivity index (χ1v) is 6.36. The number of hydrogen-bond donors (Lipinski definition) is 0. The van der Waals surface area contributed by atoms with Gasteiger partial charge in [-0.05, 0) is 25.1 Å². The van der Waals surface area contributed by atoms with Crippen LogP contribution in [0.3, 0.4) is 0 Å². The summed E-state index contributed by atoms with van der Waals surface area (Å²) in [6.45, 7) is -0.535. The summed E-state index contributed by atoms with van der Waals surface area (Å²) in [6, 6.07) is 3.86. The molecule has 0 saturated heterocycles. The molecule has 24 heavy (non-hydrogen) atoms. The molecule has 11 heteroatoms. The van der Waals surface area contributed by atoms with Gasteiger partial charge in [-0.1, -0.05) is 0 Å². The summed E-state index contributed by atoms with van der Waals surface area (Å²) >= 11 is 0. The van der Waals surface area contributed by atoms with E-state index in [1.165, 1.54) is 13.0 Å². The molecule has 0 radical (unpaired) electrons. The Balaban J connectivity index is 2.52. The molecule has 0 bridgehead atoms. The third-order valence-electron chi connectivity index (χ3n) is 3.09. The van der Waals surface area contributed by atoms with Crippen molar-refractivity contribution in [3.8, 4) is 11.3 Å². The molecule has 0 amide bonds. The van der Waals surface area contributed by atoms with Gasteiger partial charge in [0.25, 0.3) is 5.69 Å². The first kappa shape index (κ1) is 17.8. The number of aryl methyl sites for hydroxylation is 1. The van der Waals surface area contributed by atoms with E-state index >= 15 is 0 Å². The maximum absolute atomic E-state index is 12.9. The maximum Gasteiger partial charge on any atom is 0.433 e. The van der Waals surface area contributed by atoms with Gasteiger partial charge in [-0.3, -0.25) is 14.8 Å². The highest BCUT2D eigenvalue weighted by Crippen LogP contribution is 2.34. The first-order chi connectivity index (χ1) is 10.9. The molecule has 5 nitrogen and oxygen atoms in total. The van der Waals surface area contributed by atoms with E-state index in [0.717, 1.165) is 12.1 Å². The Morgan fingerprint density at radius 3 is 2.25 bits per heavy atom. The summed E-state index contributed by atoms with van der Waals surface area (Å²) in [5.41, 5.74) is -1.97. The predicted octanol–water partition coefficient (Wildman–Crippen LogP) is 4.35. The van der Waals surface area contributed by atoms with E-state index in [2.05, 4.69) is 5.10 Å². The Morgan fingerprint density at radius 1 is 1.17 bits per heavy atom. The second kappa shape index (κ2) is 5.80. The number of nitro benzene ring substituents is 1. The number of benzene rings is 1. The van der Waals surface area contributed by atoms with Crippen LogP contribution >= 0.6 is 0 Å². The highest BCUT2D eigenvalue weighted by Gasteiger charge is 2.39. The van der Waals surface area contributed by atoms with E-state index in [1.54, 1.807) is 0 Å². The molecule has 0 fully saturated rings. The van der Waals surface area contributed by atoms with Gasteiger partial charge in [0, 0.05) is 17.2 Å². The predicted molar refractivity (Wildman–Crippen MR) is 70.1 cm³/mol. The van der Waals surface area contributed by atoms with Crippen LogP contribution in [0, 0.1) is 17.0 Å². The summed E-state index contributed by atoms with van der Waals surface area (Å²) in [6.07, 6.45) is -9.90. The van der Waals surface area contributed by atoms with Gasteiger partial charge in [-0.2, -0.15) is 31.4 Å². The van der Waals surface area contributed by atoms with Crippen LogP contribution in [0.2, 0.25) is 0 Å². The summed E-state index contributed by atoms with van der Waals surface area (Å²) in [4.78, 5) is 10.0. The lowest BCUT2D eigenvalue weighted by molar-refractivity contribution is -0.385. The molecule has 1 heterocycles. The summed E-state index contributed by atoms with van der Waals surface area (Å²) in [5.74, 6) is 0. The number of hydrogen-bond acceptors (Lipinski definition) is 3. The van der Waals surface area contributed by atoms with Crippen molar-refractivity contribution in [2.24, 2.45) is 0 Å². The quantitative estimate of drug-likeness (QED) is 0.468. The second-order valence-corrected chi connectivity index (χ2v) is 4.94. The van der Waals surface area contributed by atoms with Crippen LogP contribution in [0.15, 0.2) is 24.3 Å². The zero-order valence-electron chi connectivity index (χ0n) is 11.9. The molecule has 130 valence electrons. The molecule has 2 aromatic rings. The van der Waals surface area contributed by atoms with Crippen molar-refractivity contribution in [1.82, 2.24) is 9.78 Å². The number of alkyl halides is 6. The van der Waals surface area contributed by atoms with Gasteiger partial charge in [0.15, 0.2) is 0 Å². The van der Waals surface area contributed by atoms with Crippen molar-refractivity contribution in [1.29, 1.82) is 0 Å². The molecule has 0 unspecified atom stereocenters. The van der Waals surface area contributed by atoms with Crippen molar-refractivity contribution in [3.05, 3.63) is 45.6 Å². The second-order valence-electron chi connectivity index (χ2n) is 4.94. The average Bonchev–Trinajstić information content (AvgIpc) is 2.79. The van der Waals surface area contributed by atoms with Crippen LogP contribution in [0.4, 0.5) is 32.0 Å². The smallest absolute Gasteiger partial charge is 0.258 e. The monoisotopic (exact) mass is 353 g/mol. The van der Waals surface area contributed by atoms with E-state index in [9.17, 15) is 36.5 Å². The van der Waals surface area contributed by atoms with E-state index in [0.29, 0.717) is 6.07 Å². The molecule has 2 rings (SSSR count). The minimum atomic E-state index is -5.02. The lowest BCUT2D eigenvalue weighted by Gasteiger charge is -2.11. The summed E-state index contributed by atoms with van der Waals surface area (Å²) in [5, 5.41) is 14.1. The molecule has 1 aromatic heterocycles. The van der Waals surface area contributed by atoms with Crippen LogP contribution < -0.4 is 0 Å². The molecule has 0 atom stereocenters. The zero-order valence-corrected chi connectivity index (χ0v) is 11.9. The van der Waals surface area contributed by atoms with Crippen molar-refractivity contribution >= 4 is 5.69 Å². The molecular weight excluding hydrogens is 344 g/mol. The van der Waals surface area contributed by atoms with E-state index in [1.807, 2.05) is 0 Å². The zero-order chi connectivity index (χ0) is 18.3. The fraction of sp³-hybridized carbons (Fsp3) is 0.308. The summed E-state index contributed by atoms with van der Waals surface area (Å²) in [7, 11) is 0. The molecule has 0 N–H and O–H groups in total. The van der Waals surface area contributed by atoms with Crippen LogP contribution in [0.1, 0.15) is 11.3 Å². The van der Waals surface area contributed by atoms with Gasteiger partial charge >= 0.3 is 12.4 Å². The molecule has 0 aliphatic carbocycles. The minimum absolute atomic E-state index is 0.0459. The Bertz CT molecular complexity index is 779. The van der Waals surface area contributed by atoms with Gasteiger partial charge in [0.05, 0.1) is 10.6 Å². The lowest BCUT2D eigenvalue weighted by atomic mass is 10.1. The highest BCUT2D eigenvalue weighted by atomic mass is 19.4. The van der Waals surface area contributed by atoms with Crippen LogP contribution in [0.5, 0.6) is 0 Å². The van der Waals surface area contributed by atoms with Crippen molar-refractivity contribution in [2.75, 3.05) is 0 Å². The van der Waals surface area contributed by atoms with Gasteiger partial charge in [-0.25, -0.2) is 0 Å². The third-order valence-corrected chi connectivity index (χ3v) is 3.09. The third kappa shape index (κ3) is 3.84. The van der Waals surface area contributed by atoms with Gasteiger partial charge in [-0.15, -0.1) is 0 Å². The maximum atomic E-state index is 12.9. The van der Waals surface area contributed by atoms with Gasteiger partial charge in [0.1, 0.15) is 12.2 Å². The minimum Gasteiger partial charge on any atom is -0.258 e. The van der Waals surface area contributed by atoms with Crippen molar-refractivity contribution in [2.45, 2.75) is 25.8 Å². The molecule has 0 spiro atoms. The molecule has 0 saturated carbocycles. The van der Waals surface area contributed by atoms with Gasteiger partial charge < -0.3 is 0 Å². The van der Waals surface area contributed by atoms with Crippen LogP contribution in [0.25, 0.3) is 11.3 Å². The number of rotatable bonds is 3.